The van der Waals surface area contributed by atoms with E-state index in [4.69, 9.17) is 5.73 Å². The monoisotopic (exact) mass is 345 g/mol. The standard InChI is InChI=1S/C19H27N3O3/c20-18(24)19(25)11-14-6-7-16(10-15(14)12-19)21-17(23)13-22-8-4-2-1-3-5-9-22/h6-7,10,25H,1-5,8-9,11-13H2,(H2,20,24)(H,21,23). The van der Waals surface area contributed by atoms with Crippen molar-refractivity contribution in [2.24, 2.45) is 5.73 Å². The van der Waals surface area contributed by atoms with Crippen molar-refractivity contribution in [2.75, 3.05) is 25.0 Å². The number of likely N-dealkylation sites (tertiary alicyclic amines) is 1. The van der Waals surface area contributed by atoms with E-state index < -0.39 is 11.5 Å². The van der Waals surface area contributed by atoms with E-state index in [1.807, 2.05) is 18.2 Å². The number of nitrogens with two attached hydrogens (primary N) is 1. The molecule has 1 saturated heterocycles. The summed E-state index contributed by atoms with van der Waals surface area (Å²) >= 11 is 0. The Bertz CT molecular complexity index is 653. The fourth-order valence-electron chi connectivity index (χ4n) is 3.78. The summed E-state index contributed by atoms with van der Waals surface area (Å²) in [7, 11) is 0. The van der Waals surface area contributed by atoms with Gasteiger partial charge in [-0.2, -0.15) is 0 Å². The highest BCUT2D eigenvalue weighted by molar-refractivity contribution is 5.92. The molecule has 1 aliphatic carbocycles. The van der Waals surface area contributed by atoms with Crippen molar-refractivity contribution >= 4 is 17.5 Å². The van der Waals surface area contributed by atoms with Gasteiger partial charge in [0.25, 0.3) is 0 Å². The number of anilines is 1. The number of rotatable bonds is 4. The van der Waals surface area contributed by atoms with E-state index in [9.17, 15) is 14.7 Å². The molecule has 0 aromatic heterocycles. The SMILES string of the molecule is NC(=O)C1(O)Cc2ccc(NC(=O)CN3CCCCCCC3)cc2C1. The first kappa shape index (κ1) is 17.9. The van der Waals surface area contributed by atoms with Crippen molar-refractivity contribution in [2.45, 2.75) is 50.5 Å². The number of carbonyl (C=O) groups is 2. The lowest BCUT2D eigenvalue weighted by Gasteiger charge is -2.23. The van der Waals surface area contributed by atoms with E-state index in [-0.39, 0.29) is 18.7 Å². The van der Waals surface area contributed by atoms with Gasteiger partial charge in [0.2, 0.25) is 11.8 Å². The quantitative estimate of drug-likeness (QED) is 0.764. The molecule has 6 heteroatoms. The predicted molar refractivity (Wildman–Crippen MR) is 96.1 cm³/mol. The molecule has 1 fully saturated rings. The van der Waals surface area contributed by atoms with Crippen LogP contribution in [-0.4, -0.2) is 47.1 Å². The topological polar surface area (TPSA) is 95.7 Å². The van der Waals surface area contributed by atoms with Gasteiger partial charge in [-0.05, 0) is 49.2 Å². The second kappa shape index (κ2) is 7.54. The van der Waals surface area contributed by atoms with Crippen LogP contribution in [-0.2, 0) is 22.4 Å². The third-order valence-electron chi connectivity index (χ3n) is 5.23. The molecule has 0 spiro atoms. The maximum Gasteiger partial charge on any atom is 0.250 e. The molecule has 1 aromatic carbocycles. The molecule has 1 unspecified atom stereocenters. The summed E-state index contributed by atoms with van der Waals surface area (Å²) < 4.78 is 0. The van der Waals surface area contributed by atoms with Crippen molar-refractivity contribution in [3.63, 3.8) is 0 Å². The van der Waals surface area contributed by atoms with Gasteiger partial charge in [0.1, 0.15) is 0 Å². The largest absolute Gasteiger partial charge is 0.379 e. The van der Waals surface area contributed by atoms with Crippen LogP contribution in [0.5, 0.6) is 0 Å². The average molecular weight is 345 g/mol. The fourth-order valence-corrected chi connectivity index (χ4v) is 3.78. The Balaban J connectivity index is 1.59. The zero-order chi connectivity index (χ0) is 17.9. The molecular formula is C19H27N3O3. The summed E-state index contributed by atoms with van der Waals surface area (Å²) in [5.74, 6) is -0.727. The van der Waals surface area contributed by atoms with Crippen molar-refractivity contribution in [1.29, 1.82) is 0 Å². The van der Waals surface area contributed by atoms with Gasteiger partial charge in [-0.1, -0.05) is 25.3 Å². The maximum atomic E-state index is 12.3. The predicted octanol–water partition coefficient (Wildman–Crippen LogP) is 1.21. The number of carbonyl (C=O) groups excluding carboxylic acids is 2. The second-order valence-corrected chi connectivity index (χ2v) is 7.32. The van der Waals surface area contributed by atoms with E-state index in [1.165, 1.54) is 19.3 Å². The van der Waals surface area contributed by atoms with Crippen LogP contribution in [0.4, 0.5) is 5.69 Å². The molecule has 1 aromatic rings. The molecule has 2 amide bonds. The number of amides is 2. The maximum absolute atomic E-state index is 12.3. The van der Waals surface area contributed by atoms with Crippen molar-refractivity contribution < 1.29 is 14.7 Å². The second-order valence-electron chi connectivity index (χ2n) is 7.32. The zero-order valence-corrected chi connectivity index (χ0v) is 14.6. The van der Waals surface area contributed by atoms with Gasteiger partial charge in [0.05, 0.1) is 6.54 Å². The molecule has 136 valence electrons. The zero-order valence-electron chi connectivity index (χ0n) is 14.6. The number of hydrogen-bond acceptors (Lipinski definition) is 4. The number of aliphatic hydroxyl groups is 1. The molecule has 0 bridgehead atoms. The number of nitrogens with zero attached hydrogens (tertiary/aromatic N) is 1. The lowest BCUT2D eigenvalue weighted by molar-refractivity contribution is -0.135. The average Bonchev–Trinajstić information content (AvgIpc) is 2.87. The van der Waals surface area contributed by atoms with Crippen molar-refractivity contribution in [3.05, 3.63) is 29.3 Å². The number of fused-ring (bicyclic) bond motifs is 1. The Morgan fingerprint density at radius 1 is 1.08 bits per heavy atom. The summed E-state index contributed by atoms with van der Waals surface area (Å²) in [6.07, 6.45) is 6.52. The van der Waals surface area contributed by atoms with E-state index in [0.29, 0.717) is 12.2 Å². The smallest absolute Gasteiger partial charge is 0.250 e. The van der Waals surface area contributed by atoms with Crippen LogP contribution < -0.4 is 11.1 Å². The highest BCUT2D eigenvalue weighted by Crippen LogP contribution is 2.31. The summed E-state index contributed by atoms with van der Waals surface area (Å²) in [4.78, 5) is 26.0. The number of hydrogen-bond donors (Lipinski definition) is 3. The van der Waals surface area contributed by atoms with Gasteiger partial charge in [-0.15, -0.1) is 0 Å². The molecule has 4 N–H and O–H groups in total. The van der Waals surface area contributed by atoms with E-state index in [0.717, 1.165) is 37.1 Å². The Morgan fingerprint density at radius 3 is 2.40 bits per heavy atom. The Morgan fingerprint density at radius 2 is 1.72 bits per heavy atom. The van der Waals surface area contributed by atoms with Crippen molar-refractivity contribution in [3.8, 4) is 0 Å². The molecule has 0 radical (unpaired) electrons. The summed E-state index contributed by atoms with van der Waals surface area (Å²) in [5.41, 5.74) is 6.26. The van der Waals surface area contributed by atoms with Gasteiger partial charge in [-0.3, -0.25) is 14.5 Å². The molecule has 3 rings (SSSR count). The minimum Gasteiger partial charge on any atom is -0.379 e. The van der Waals surface area contributed by atoms with E-state index in [2.05, 4.69) is 10.2 Å². The Labute approximate surface area is 148 Å². The van der Waals surface area contributed by atoms with Gasteiger partial charge >= 0.3 is 0 Å². The molecule has 0 saturated carbocycles. The molecule has 2 aliphatic rings. The number of benzene rings is 1. The van der Waals surface area contributed by atoms with Crippen LogP contribution in [0.1, 0.15) is 43.2 Å². The lowest BCUT2D eigenvalue weighted by Crippen LogP contribution is -2.44. The van der Waals surface area contributed by atoms with Crippen molar-refractivity contribution in [1.82, 2.24) is 4.90 Å². The third kappa shape index (κ3) is 4.38. The van der Waals surface area contributed by atoms with Crippen LogP contribution in [0.15, 0.2) is 18.2 Å². The molecule has 1 aliphatic heterocycles. The van der Waals surface area contributed by atoms with Crippen LogP contribution in [0.25, 0.3) is 0 Å². The van der Waals surface area contributed by atoms with Gasteiger partial charge in [0.15, 0.2) is 5.60 Å². The summed E-state index contributed by atoms with van der Waals surface area (Å²) in [5, 5.41) is 13.2. The van der Waals surface area contributed by atoms with Gasteiger partial charge in [0, 0.05) is 18.5 Å². The number of nitrogens with one attached hydrogen (secondary N) is 1. The van der Waals surface area contributed by atoms with Gasteiger partial charge < -0.3 is 16.2 Å². The Kier molecular flexibility index (Phi) is 5.39. The summed E-state index contributed by atoms with van der Waals surface area (Å²) in [6.45, 7) is 2.36. The first-order chi connectivity index (χ1) is 12.0. The molecule has 6 nitrogen and oxygen atoms in total. The lowest BCUT2D eigenvalue weighted by atomic mass is 10.0. The molecular weight excluding hydrogens is 318 g/mol. The van der Waals surface area contributed by atoms with Crippen LogP contribution in [0.2, 0.25) is 0 Å². The first-order valence-corrected chi connectivity index (χ1v) is 9.13. The molecule has 1 heterocycles. The normalized spacial score (nSPS) is 24.2. The van der Waals surface area contributed by atoms with Crippen LogP contribution in [0.3, 0.4) is 0 Å². The number of primary amides is 1. The van der Waals surface area contributed by atoms with Gasteiger partial charge in [-0.25, -0.2) is 0 Å². The third-order valence-corrected chi connectivity index (χ3v) is 5.23. The highest BCUT2D eigenvalue weighted by Gasteiger charge is 2.40. The fraction of sp³-hybridized carbons (Fsp3) is 0.579. The summed E-state index contributed by atoms with van der Waals surface area (Å²) in [6, 6.07) is 5.50. The Hall–Kier alpha value is -1.92. The molecule has 25 heavy (non-hydrogen) atoms. The van der Waals surface area contributed by atoms with Crippen LogP contribution in [0, 0.1) is 0 Å². The van der Waals surface area contributed by atoms with Crippen LogP contribution >= 0.6 is 0 Å². The highest BCUT2D eigenvalue weighted by atomic mass is 16.3. The molecule has 1 atom stereocenters. The van der Waals surface area contributed by atoms with E-state index in [1.54, 1.807) is 0 Å². The van der Waals surface area contributed by atoms with E-state index >= 15 is 0 Å². The minimum atomic E-state index is -1.50. The minimum absolute atomic E-state index is 0.0244. The first-order valence-electron chi connectivity index (χ1n) is 9.13.